The van der Waals surface area contributed by atoms with Crippen molar-refractivity contribution in [3.63, 3.8) is 0 Å². The minimum absolute atomic E-state index is 0.0675. The molecule has 2 aliphatic rings. The van der Waals surface area contributed by atoms with Gasteiger partial charge in [0.05, 0.1) is 13.4 Å². The predicted octanol–water partition coefficient (Wildman–Crippen LogP) is 1.74. The molecule has 0 unspecified atom stereocenters. The molecule has 0 N–H and O–H groups in total. The molecule has 0 bridgehead atoms. The third kappa shape index (κ3) is 5.13. The van der Waals surface area contributed by atoms with Gasteiger partial charge < -0.3 is 14.4 Å². The molecule has 7 nitrogen and oxygen atoms in total. The van der Waals surface area contributed by atoms with Crippen molar-refractivity contribution in [3.8, 4) is 11.5 Å². The number of methoxy groups -OCH3 is 1. The summed E-state index contributed by atoms with van der Waals surface area (Å²) < 4.78 is 35.8. The van der Waals surface area contributed by atoms with E-state index >= 15 is 0 Å². The largest absolute Gasteiger partial charge is 0.497 e. The lowest BCUT2D eigenvalue weighted by Gasteiger charge is -2.36. The van der Waals surface area contributed by atoms with Crippen LogP contribution in [-0.2, 0) is 14.8 Å². The van der Waals surface area contributed by atoms with Crippen molar-refractivity contribution >= 4 is 15.9 Å². The number of piperidine rings is 2. The molecular weight excluding hydrogens is 368 g/mol. The summed E-state index contributed by atoms with van der Waals surface area (Å²) >= 11 is 0. The Morgan fingerprint density at radius 3 is 2.04 bits per heavy atom. The highest BCUT2D eigenvalue weighted by Gasteiger charge is 2.33. The van der Waals surface area contributed by atoms with E-state index in [9.17, 15) is 13.2 Å². The molecule has 0 aliphatic carbocycles. The Balaban J connectivity index is 1.45. The van der Waals surface area contributed by atoms with Crippen molar-refractivity contribution in [2.24, 2.45) is 5.92 Å². The first kappa shape index (κ1) is 19.9. The van der Waals surface area contributed by atoms with Crippen molar-refractivity contribution < 1.29 is 22.7 Å². The number of nitrogens with zero attached hydrogens (tertiary/aromatic N) is 2. The molecule has 0 radical (unpaired) electrons. The van der Waals surface area contributed by atoms with E-state index in [1.54, 1.807) is 7.11 Å². The quantitative estimate of drug-likeness (QED) is 0.758. The van der Waals surface area contributed by atoms with Gasteiger partial charge in [0.2, 0.25) is 15.9 Å². The maximum absolute atomic E-state index is 12.7. The zero-order valence-electron chi connectivity index (χ0n) is 16.0. The van der Waals surface area contributed by atoms with Crippen LogP contribution in [0.3, 0.4) is 0 Å². The number of hydrogen-bond donors (Lipinski definition) is 0. The molecular formula is C19H28N2O5S. The number of ether oxygens (including phenoxy) is 2. The summed E-state index contributed by atoms with van der Waals surface area (Å²) in [5.74, 6) is 1.70. The molecule has 0 spiro atoms. The molecule has 0 saturated carbocycles. The average Bonchev–Trinajstić information content (AvgIpc) is 2.68. The number of likely N-dealkylation sites (tertiary alicyclic amines) is 1. The SMILES string of the molecule is COc1ccc(OC2CCN(C(=O)C3CCN(S(C)(=O)=O)CC3)CC2)cc1. The first-order chi connectivity index (χ1) is 12.9. The molecule has 1 amide bonds. The second-order valence-electron chi connectivity index (χ2n) is 7.25. The number of benzene rings is 1. The third-order valence-electron chi connectivity index (χ3n) is 5.39. The lowest BCUT2D eigenvalue weighted by Crippen LogP contribution is -2.47. The van der Waals surface area contributed by atoms with Gasteiger partial charge in [-0.15, -0.1) is 0 Å². The van der Waals surface area contributed by atoms with Crippen molar-refractivity contribution in [2.45, 2.75) is 31.8 Å². The van der Waals surface area contributed by atoms with Crippen LogP contribution >= 0.6 is 0 Å². The molecule has 150 valence electrons. The maximum Gasteiger partial charge on any atom is 0.225 e. The summed E-state index contributed by atoms with van der Waals surface area (Å²) in [7, 11) is -1.52. The third-order valence-corrected chi connectivity index (χ3v) is 6.69. The highest BCUT2D eigenvalue weighted by molar-refractivity contribution is 7.88. The standard InChI is InChI=1S/C19H28N2O5S/c1-25-16-3-5-17(6-4-16)26-18-9-11-20(12-10-18)19(22)15-7-13-21(14-8-15)27(2,23)24/h3-6,15,18H,7-14H2,1-2H3. The van der Waals surface area contributed by atoms with Crippen LogP contribution in [0.1, 0.15) is 25.7 Å². The number of amides is 1. The first-order valence-electron chi connectivity index (χ1n) is 9.41. The van der Waals surface area contributed by atoms with Crippen LogP contribution in [0.5, 0.6) is 11.5 Å². The topological polar surface area (TPSA) is 76.2 Å². The minimum atomic E-state index is -3.16. The van der Waals surface area contributed by atoms with E-state index in [2.05, 4.69) is 0 Å². The van der Waals surface area contributed by atoms with E-state index in [0.29, 0.717) is 39.0 Å². The summed E-state index contributed by atoms with van der Waals surface area (Å²) in [6.07, 6.45) is 4.15. The van der Waals surface area contributed by atoms with Gasteiger partial charge >= 0.3 is 0 Å². The maximum atomic E-state index is 12.7. The van der Waals surface area contributed by atoms with Crippen LogP contribution in [0.2, 0.25) is 0 Å². The van der Waals surface area contributed by atoms with Gasteiger partial charge in [-0.25, -0.2) is 12.7 Å². The number of carbonyl (C=O) groups excluding carboxylic acids is 1. The molecule has 27 heavy (non-hydrogen) atoms. The van der Waals surface area contributed by atoms with Gasteiger partial charge in [-0.2, -0.15) is 0 Å². The molecule has 3 rings (SSSR count). The van der Waals surface area contributed by atoms with Crippen molar-refractivity contribution in [2.75, 3.05) is 39.5 Å². The van der Waals surface area contributed by atoms with E-state index in [1.165, 1.54) is 10.6 Å². The van der Waals surface area contributed by atoms with Gasteiger partial charge in [0.1, 0.15) is 17.6 Å². The highest BCUT2D eigenvalue weighted by atomic mass is 32.2. The Labute approximate surface area is 161 Å². The Bertz CT molecular complexity index is 734. The number of carbonyl (C=O) groups is 1. The first-order valence-corrected chi connectivity index (χ1v) is 11.3. The van der Waals surface area contributed by atoms with Crippen LogP contribution in [0.25, 0.3) is 0 Å². The summed E-state index contributed by atoms with van der Waals surface area (Å²) in [6.45, 7) is 2.25. The minimum Gasteiger partial charge on any atom is -0.497 e. The average molecular weight is 397 g/mol. The molecule has 2 heterocycles. The predicted molar refractivity (Wildman–Crippen MR) is 102 cm³/mol. The monoisotopic (exact) mass is 396 g/mol. The van der Waals surface area contributed by atoms with Crippen LogP contribution in [0.15, 0.2) is 24.3 Å². The van der Waals surface area contributed by atoms with E-state index in [-0.39, 0.29) is 17.9 Å². The smallest absolute Gasteiger partial charge is 0.225 e. The molecule has 0 atom stereocenters. The summed E-state index contributed by atoms with van der Waals surface area (Å²) in [5.41, 5.74) is 0. The summed E-state index contributed by atoms with van der Waals surface area (Å²) in [4.78, 5) is 14.7. The lowest BCUT2D eigenvalue weighted by molar-refractivity contribution is -0.138. The zero-order valence-corrected chi connectivity index (χ0v) is 16.8. The number of rotatable bonds is 5. The van der Waals surface area contributed by atoms with Crippen LogP contribution in [0.4, 0.5) is 0 Å². The normalized spacial score (nSPS) is 20.4. The van der Waals surface area contributed by atoms with Crippen molar-refractivity contribution in [3.05, 3.63) is 24.3 Å². The van der Waals surface area contributed by atoms with Gasteiger partial charge in [-0.3, -0.25) is 4.79 Å². The molecule has 8 heteroatoms. The summed E-state index contributed by atoms with van der Waals surface area (Å²) in [5, 5.41) is 0. The van der Waals surface area contributed by atoms with Gasteiger partial charge in [-0.05, 0) is 37.1 Å². The fourth-order valence-corrected chi connectivity index (χ4v) is 4.61. The molecule has 1 aromatic rings. The van der Waals surface area contributed by atoms with Crippen LogP contribution in [0, 0.1) is 5.92 Å². The van der Waals surface area contributed by atoms with Crippen LogP contribution in [-0.4, -0.2) is 69.2 Å². The molecule has 1 aromatic carbocycles. The molecule has 2 fully saturated rings. The molecule has 0 aromatic heterocycles. The fourth-order valence-electron chi connectivity index (χ4n) is 3.73. The van der Waals surface area contributed by atoms with E-state index < -0.39 is 10.0 Å². The number of hydrogen-bond acceptors (Lipinski definition) is 5. The van der Waals surface area contributed by atoms with Crippen LogP contribution < -0.4 is 9.47 Å². The van der Waals surface area contributed by atoms with Gasteiger partial charge in [0.25, 0.3) is 0 Å². The Morgan fingerprint density at radius 1 is 0.963 bits per heavy atom. The van der Waals surface area contributed by atoms with E-state index in [4.69, 9.17) is 9.47 Å². The number of sulfonamides is 1. The Kier molecular flexibility index (Phi) is 6.26. The van der Waals surface area contributed by atoms with E-state index in [0.717, 1.165) is 24.3 Å². The van der Waals surface area contributed by atoms with Gasteiger partial charge in [-0.1, -0.05) is 0 Å². The van der Waals surface area contributed by atoms with E-state index in [1.807, 2.05) is 29.2 Å². The molecule has 2 saturated heterocycles. The van der Waals surface area contributed by atoms with Gasteiger partial charge in [0.15, 0.2) is 0 Å². The van der Waals surface area contributed by atoms with Gasteiger partial charge in [0, 0.05) is 44.9 Å². The van der Waals surface area contributed by atoms with Crippen molar-refractivity contribution in [1.29, 1.82) is 0 Å². The lowest BCUT2D eigenvalue weighted by atomic mass is 9.95. The van der Waals surface area contributed by atoms with Crippen molar-refractivity contribution in [1.82, 2.24) is 9.21 Å². The Hall–Kier alpha value is -1.80. The second-order valence-corrected chi connectivity index (χ2v) is 9.24. The second kappa shape index (κ2) is 8.48. The summed E-state index contributed by atoms with van der Waals surface area (Å²) in [6, 6.07) is 7.53. The molecule has 2 aliphatic heterocycles. The highest BCUT2D eigenvalue weighted by Crippen LogP contribution is 2.25. The fraction of sp³-hybridized carbons (Fsp3) is 0.632. The zero-order chi connectivity index (χ0) is 19.4. The Morgan fingerprint density at radius 2 is 1.52 bits per heavy atom.